The monoisotopic (exact) mass is 778 g/mol. The van der Waals surface area contributed by atoms with Gasteiger partial charge in [-0.3, -0.25) is 0 Å². The van der Waals surface area contributed by atoms with E-state index in [1.54, 1.807) is 0 Å². The van der Waals surface area contributed by atoms with Crippen molar-refractivity contribution < 1.29 is 0 Å². The quantitative estimate of drug-likeness (QED) is 0.144. The molecule has 10 aromatic carbocycles. The van der Waals surface area contributed by atoms with Crippen molar-refractivity contribution in [3.8, 4) is 56.4 Å². The number of rotatable bonds is 8. The highest BCUT2D eigenvalue weighted by atomic mass is 15.1. The summed E-state index contributed by atoms with van der Waals surface area (Å²) in [6.07, 6.45) is 0. The normalized spacial score (nSPS) is 11.3. The third-order valence-corrected chi connectivity index (χ3v) is 11.5. The fraction of sp³-hybridized carbons (Fsp3) is 0. The second kappa shape index (κ2) is 15.5. The third-order valence-electron chi connectivity index (χ3n) is 11.5. The first kappa shape index (κ1) is 35.9. The minimum Gasteiger partial charge on any atom is -0.311 e. The van der Waals surface area contributed by atoms with Gasteiger partial charge in [-0.05, 0) is 109 Å². The summed E-state index contributed by atoms with van der Waals surface area (Å²) in [7, 11) is 0. The molecular weight excluding hydrogens is 741 g/mol. The topological polar surface area (TPSA) is 41.9 Å². The lowest BCUT2D eigenvalue weighted by Crippen LogP contribution is -2.09. The summed E-state index contributed by atoms with van der Waals surface area (Å²) < 4.78 is 0. The molecule has 11 aromatic rings. The van der Waals surface area contributed by atoms with Crippen molar-refractivity contribution in [3.63, 3.8) is 0 Å². The third kappa shape index (κ3) is 6.76. The summed E-state index contributed by atoms with van der Waals surface area (Å²) in [4.78, 5) is 17.7. The van der Waals surface area contributed by atoms with Gasteiger partial charge in [0.25, 0.3) is 0 Å². The van der Waals surface area contributed by atoms with E-state index in [4.69, 9.17) is 15.0 Å². The van der Waals surface area contributed by atoms with Crippen molar-refractivity contribution >= 4 is 49.4 Å². The minimum absolute atomic E-state index is 0.638. The molecule has 0 aliphatic heterocycles. The Hall–Kier alpha value is -8.21. The summed E-state index contributed by atoms with van der Waals surface area (Å²) in [6, 6.07) is 81.3. The predicted molar refractivity (Wildman–Crippen MR) is 254 cm³/mol. The molecule has 286 valence electrons. The largest absolute Gasteiger partial charge is 0.311 e. The van der Waals surface area contributed by atoms with E-state index in [0.29, 0.717) is 17.5 Å². The average Bonchev–Trinajstić information content (AvgIpc) is 3.35. The molecule has 0 radical (unpaired) electrons. The number of aromatic nitrogens is 3. The van der Waals surface area contributed by atoms with Gasteiger partial charge < -0.3 is 4.90 Å². The van der Waals surface area contributed by atoms with E-state index in [9.17, 15) is 0 Å². The van der Waals surface area contributed by atoms with Gasteiger partial charge in [0, 0.05) is 33.8 Å². The maximum Gasteiger partial charge on any atom is 0.164 e. The fourth-order valence-electron chi connectivity index (χ4n) is 8.59. The van der Waals surface area contributed by atoms with E-state index >= 15 is 0 Å². The first-order chi connectivity index (χ1) is 30.2. The predicted octanol–water partition coefficient (Wildman–Crippen LogP) is 15.1. The maximum absolute atomic E-state index is 5.21. The first-order valence-electron chi connectivity index (χ1n) is 20.6. The number of para-hydroxylation sites is 2. The van der Waals surface area contributed by atoms with Crippen LogP contribution in [0.5, 0.6) is 0 Å². The molecule has 4 nitrogen and oxygen atoms in total. The van der Waals surface area contributed by atoms with Gasteiger partial charge in [-0.2, -0.15) is 0 Å². The molecule has 0 aliphatic carbocycles. The van der Waals surface area contributed by atoms with Crippen LogP contribution in [0, 0.1) is 0 Å². The van der Waals surface area contributed by atoms with Gasteiger partial charge in [0.05, 0.1) is 0 Å². The minimum atomic E-state index is 0.638. The van der Waals surface area contributed by atoms with Gasteiger partial charge in [-0.25, -0.2) is 15.0 Å². The number of hydrogen-bond donors (Lipinski definition) is 0. The molecule has 0 saturated carbocycles. The highest BCUT2D eigenvalue weighted by molar-refractivity contribution is 6.26. The summed E-state index contributed by atoms with van der Waals surface area (Å²) in [5, 5.41) is 7.01. The van der Waals surface area contributed by atoms with Crippen LogP contribution in [-0.2, 0) is 0 Å². The Kier molecular flexibility index (Phi) is 9.14. The molecule has 0 spiro atoms. The van der Waals surface area contributed by atoms with E-state index < -0.39 is 0 Å². The molecule has 0 aliphatic rings. The Balaban J connectivity index is 1.09. The molecule has 1 heterocycles. The van der Waals surface area contributed by atoms with Crippen LogP contribution in [0.4, 0.5) is 17.1 Å². The lowest BCUT2D eigenvalue weighted by Gasteiger charge is -2.25. The second-order valence-corrected chi connectivity index (χ2v) is 15.2. The van der Waals surface area contributed by atoms with Crippen molar-refractivity contribution in [2.75, 3.05) is 4.90 Å². The first-order valence-corrected chi connectivity index (χ1v) is 20.6. The molecular formula is C57H38N4. The van der Waals surface area contributed by atoms with Crippen molar-refractivity contribution in [3.05, 3.63) is 231 Å². The molecule has 0 fully saturated rings. The lowest BCUT2D eigenvalue weighted by molar-refractivity contribution is 1.08. The van der Waals surface area contributed by atoms with Gasteiger partial charge >= 0.3 is 0 Å². The summed E-state index contributed by atoms with van der Waals surface area (Å²) in [5.74, 6) is 1.92. The SMILES string of the molecule is c1ccc(-c2nc(-c3ccccc3)nc(-c3cc4c(-c5cccc(-c6ccc(N(c7ccccc7)c7ccccc7)cc6)c5)cc5ccccc5c4c4ccccc34)n2)cc1. The zero-order valence-electron chi connectivity index (χ0n) is 33.2. The zero-order valence-corrected chi connectivity index (χ0v) is 33.2. The van der Waals surface area contributed by atoms with Crippen LogP contribution in [-0.4, -0.2) is 15.0 Å². The lowest BCUT2D eigenvalue weighted by atomic mass is 9.87. The molecule has 0 amide bonds. The van der Waals surface area contributed by atoms with Gasteiger partial charge in [-0.1, -0.05) is 176 Å². The second-order valence-electron chi connectivity index (χ2n) is 15.2. The molecule has 0 N–H and O–H groups in total. The molecule has 61 heavy (non-hydrogen) atoms. The zero-order chi connectivity index (χ0) is 40.5. The summed E-state index contributed by atoms with van der Waals surface area (Å²) in [6.45, 7) is 0. The Morgan fingerprint density at radius 2 is 0.738 bits per heavy atom. The Morgan fingerprint density at radius 1 is 0.262 bits per heavy atom. The van der Waals surface area contributed by atoms with Gasteiger partial charge in [-0.15, -0.1) is 0 Å². The van der Waals surface area contributed by atoms with Crippen LogP contribution in [0.25, 0.3) is 88.7 Å². The molecule has 1 aromatic heterocycles. The smallest absolute Gasteiger partial charge is 0.164 e. The molecule has 0 atom stereocenters. The van der Waals surface area contributed by atoms with E-state index in [0.717, 1.165) is 72.2 Å². The summed E-state index contributed by atoms with van der Waals surface area (Å²) >= 11 is 0. The molecule has 4 heteroatoms. The molecule has 0 bridgehead atoms. The van der Waals surface area contributed by atoms with Crippen LogP contribution in [0.1, 0.15) is 0 Å². The maximum atomic E-state index is 5.21. The van der Waals surface area contributed by atoms with Crippen LogP contribution in [0.3, 0.4) is 0 Å². The van der Waals surface area contributed by atoms with Crippen LogP contribution in [0.2, 0.25) is 0 Å². The van der Waals surface area contributed by atoms with Crippen LogP contribution >= 0.6 is 0 Å². The van der Waals surface area contributed by atoms with Crippen molar-refractivity contribution in [2.45, 2.75) is 0 Å². The van der Waals surface area contributed by atoms with Crippen LogP contribution in [0.15, 0.2) is 231 Å². The van der Waals surface area contributed by atoms with E-state index in [1.807, 2.05) is 36.4 Å². The Labute approximate surface area is 354 Å². The van der Waals surface area contributed by atoms with Crippen molar-refractivity contribution in [1.82, 2.24) is 15.0 Å². The number of fused-ring (bicyclic) bond motifs is 5. The van der Waals surface area contributed by atoms with Crippen molar-refractivity contribution in [2.24, 2.45) is 0 Å². The molecule has 11 rings (SSSR count). The van der Waals surface area contributed by atoms with E-state index in [1.165, 1.54) is 16.2 Å². The number of nitrogens with zero attached hydrogens (tertiary/aromatic N) is 4. The van der Waals surface area contributed by atoms with Gasteiger partial charge in [0.1, 0.15) is 0 Å². The van der Waals surface area contributed by atoms with Crippen LogP contribution < -0.4 is 4.90 Å². The molecule has 0 saturated heterocycles. The number of benzene rings is 10. The molecule has 0 unspecified atom stereocenters. The van der Waals surface area contributed by atoms with Crippen molar-refractivity contribution in [1.29, 1.82) is 0 Å². The van der Waals surface area contributed by atoms with E-state index in [2.05, 4.69) is 199 Å². The summed E-state index contributed by atoms with van der Waals surface area (Å²) in [5.41, 5.74) is 10.8. The van der Waals surface area contributed by atoms with E-state index in [-0.39, 0.29) is 0 Å². The average molecular weight is 779 g/mol. The highest BCUT2D eigenvalue weighted by Crippen LogP contribution is 2.44. The number of anilines is 3. The fourth-order valence-corrected chi connectivity index (χ4v) is 8.59. The Morgan fingerprint density at radius 3 is 1.36 bits per heavy atom. The number of hydrogen-bond acceptors (Lipinski definition) is 4. The van der Waals surface area contributed by atoms with Gasteiger partial charge in [0.15, 0.2) is 17.5 Å². The standard InChI is InChI=1S/C57H38N4/c1-5-18-40(19-6-1)55-58-56(41-20-7-2-8-21-41)60-57(59-55)53-38-52-51(37-44-22-13-14-29-48(44)54(52)50-31-16-15-30-49(50)53)43-24-17-23-42(36-43)39-32-34-47(35-33-39)61(45-25-9-3-10-26-45)46-27-11-4-12-28-46/h1-38H. The highest BCUT2D eigenvalue weighted by Gasteiger charge is 2.20. The van der Waals surface area contributed by atoms with Gasteiger partial charge in [0.2, 0.25) is 0 Å². The Bertz CT molecular complexity index is 3240.